The Balaban J connectivity index is 1.77. The number of anilines is 1. The van der Waals surface area contributed by atoms with Gasteiger partial charge in [-0.25, -0.2) is 0 Å². The molecule has 0 radical (unpaired) electrons. The van der Waals surface area contributed by atoms with Crippen LogP contribution in [0, 0.1) is 41.4 Å². The van der Waals surface area contributed by atoms with E-state index in [2.05, 4.69) is 5.32 Å². The third-order valence-corrected chi connectivity index (χ3v) is 8.05. The fourth-order valence-corrected chi connectivity index (χ4v) is 6.50. The third-order valence-electron chi connectivity index (χ3n) is 8.05. The first kappa shape index (κ1) is 26.7. The smallest absolute Gasteiger partial charge is 0.235 e. The van der Waals surface area contributed by atoms with Gasteiger partial charge in [-0.15, -0.1) is 0 Å². The van der Waals surface area contributed by atoms with Crippen molar-refractivity contribution in [2.75, 3.05) is 5.32 Å². The van der Waals surface area contributed by atoms with Gasteiger partial charge in [0, 0.05) is 18.3 Å². The monoisotopic (exact) mass is 512 g/mol. The zero-order valence-corrected chi connectivity index (χ0v) is 21.2. The van der Waals surface area contributed by atoms with Gasteiger partial charge >= 0.3 is 0 Å². The average Bonchev–Trinajstić information content (AvgIpc) is 2.77. The van der Waals surface area contributed by atoms with Gasteiger partial charge in [0.1, 0.15) is 5.75 Å². The summed E-state index contributed by atoms with van der Waals surface area (Å²) in [5.41, 5.74) is 2.94. The fraction of sp³-hybridized carbons (Fsp3) is 0.556. The van der Waals surface area contributed by atoms with E-state index in [4.69, 9.17) is 5.73 Å². The molecule has 37 heavy (non-hydrogen) atoms. The first-order chi connectivity index (χ1) is 17.2. The summed E-state index contributed by atoms with van der Waals surface area (Å²) < 4.78 is 0. The number of phenols is 1. The molecule has 1 aromatic carbocycles. The van der Waals surface area contributed by atoms with E-state index < -0.39 is 75.9 Å². The zero-order valence-electron chi connectivity index (χ0n) is 21.2. The van der Waals surface area contributed by atoms with E-state index in [1.807, 2.05) is 13.8 Å². The van der Waals surface area contributed by atoms with Crippen molar-refractivity contribution < 1.29 is 39.0 Å². The van der Waals surface area contributed by atoms with Crippen LogP contribution in [0.15, 0.2) is 12.1 Å². The van der Waals surface area contributed by atoms with Crippen molar-refractivity contribution in [1.82, 2.24) is 0 Å². The van der Waals surface area contributed by atoms with Gasteiger partial charge in [0.15, 0.2) is 34.7 Å². The van der Waals surface area contributed by atoms with Crippen LogP contribution < -0.4 is 11.1 Å². The van der Waals surface area contributed by atoms with Crippen LogP contribution in [0.3, 0.4) is 0 Å². The molecule has 2 saturated carbocycles. The molecule has 1 aromatic rings. The van der Waals surface area contributed by atoms with E-state index in [9.17, 15) is 39.0 Å². The minimum atomic E-state index is -2.73. The fourth-order valence-electron chi connectivity index (χ4n) is 6.50. The van der Waals surface area contributed by atoms with Crippen LogP contribution in [-0.2, 0) is 30.4 Å². The first-order valence-corrected chi connectivity index (χ1v) is 12.5. The zero-order chi connectivity index (χ0) is 27.6. The Morgan fingerprint density at radius 3 is 2.32 bits per heavy atom. The van der Waals surface area contributed by atoms with E-state index in [0.29, 0.717) is 5.56 Å². The quantitative estimate of drug-likeness (QED) is 0.335. The number of Topliss-reactive ketones (excluding diaryl/α,β-unsaturated/α-hetero) is 4. The highest BCUT2D eigenvalue weighted by molar-refractivity contribution is 6.32. The Labute approximate surface area is 214 Å². The van der Waals surface area contributed by atoms with Gasteiger partial charge in [-0.2, -0.15) is 0 Å². The molecule has 10 heteroatoms. The second-order valence-electron chi connectivity index (χ2n) is 11.3. The average molecular weight is 513 g/mol. The number of phenolic OH excluding ortho intramolecular Hbond substituents is 1. The van der Waals surface area contributed by atoms with Crippen molar-refractivity contribution in [3.05, 3.63) is 23.3 Å². The third kappa shape index (κ3) is 3.98. The van der Waals surface area contributed by atoms with Crippen LogP contribution >= 0.6 is 0 Å². The summed E-state index contributed by atoms with van der Waals surface area (Å²) >= 11 is 0. The molecule has 0 aromatic heterocycles. The second-order valence-corrected chi connectivity index (χ2v) is 11.3. The normalized spacial score (nSPS) is 31.2. The Morgan fingerprint density at radius 1 is 1.11 bits per heavy atom. The predicted molar refractivity (Wildman–Crippen MR) is 130 cm³/mol. The molecule has 5 N–H and O–H groups in total. The number of primary amides is 1. The van der Waals surface area contributed by atoms with Gasteiger partial charge in [0.25, 0.3) is 0 Å². The number of rotatable bonds is 5. The van der Waals surface area contributed by atoms with E-state index in [1.54, 1.807) is 19.9 Å². The number of nitrogens with one attached hydrogen (secondary N) is 1. The number of amides is 2. The molecule has 0 bridgehead atoms. The Bertz CT molecular complexity index is 1240. The molecule has 0 heterocycles. The van der Waals surface area contributed by atoms with Gasteiger partial charge in [0.2, 0.25) is 11.8 Å². The lowest BCUT2D eigenvalue weighted by molar-refractivity contribution is -0.182. The second kappa shape index (κ2) is 9.16. The molecule has 6 atom stereocenters. The Morgan fingerprint density at radius 2 is 1.76 bits per heavy atom. The topological polar surface area (TPSA) is 181 Å². The van der Waals surface area contributed by atoms with E-state index in [1.165, 1.54) is 6.07 Å². The molecule has 0 aliphatic heterocycles. The van der Waals surface area contributed by atoms with Gasteiger partial charge in [-0.3, -0.25) is 28.8 Å². The lowest BCUT2D eigenvalue weighted by atomic mass is 9.50. The largest absolute Gasteiger partial charge is 0.505 e. The Kier molecular flexibility index (Phi) is 6.60. The molecule has 10 nitrogen and oxygen atoms in total. The number of hydrogen-bond donors (Lipinski definition) is 4. The van der Waals surface area contributed by atoms with Gasteiger partial charge in [-0.05, 0) is 42.2 Å². The molecular weight excluding hydrogens is 480 g/mol. The summed E-state index contributed by atoms with van der Waals surface area (Å²) in [5.74, 6) is -12.4. The first-order valence-electron chi connectivity index (χ1n) is 12.5. The van der Waals surface area contributed by atoms with Crippen LogP contribution in [0.25, 0.3) is 0 Å². The summed E-state index contributed by atoms with van der Waals surface area (Å²) in [6, 6.07) is 3.09. The number of aliphatic hydroxyl groups is 1. The van der Waals surface area contributed by atoms with Crippen molar-refractivity contribution in [3.8, 4) is 5.75 Å². The number of carbonyl (C=O) groups excluding carboxylic acids is 6. The van der Waals surface area contributed by atoms with Crippen molar-refractivity contribution >= 4 is 40.6 Å². The van der Waals surface area contributed by atoms with E-state index in [0.717, 1.165) is 0 Å². The molecule has 3 aliphatic rings. The number of fused-ring (bicyclic) bond motifs is 3. The molecular formula is C27H32N2O8. The van der Waals surface area contributed by atoms with E-state index >= 15 is 0 Å². The lowest BCUT2D eigenvalue weighted by Crippen LogP contribution is -2.71. The van der Waals surface area contributed by atoms with Crippen LogP contribution in [0.1, 0.15) is 56.5 Å². The van der Waals surface area contributed by atoms with Crippen LogP contribution in [0.4, 0.5) is 5.69 Å². The number of benzene rings is 1. The summed E-state index contributed by atoms with van der Waals surface area (Å²) in [7, 11) is 0. The maximum Gasteiger partial charge on any atom is 0.235 e. The molecule has 2 fully saturated rings. The van der Waals surface area contributed by atoms with Gasteiger partial charge in [0.05, 0.1) is 17.2 Å². The number of carbonyl (C=O) groups is 6. The maximum absolute atomic E-state index is 13.8. The summed E-state index contributed by atoms with van der Waals surface area (Å²) in [6.45, 7) is 7.11. The van der Waals surface area contributed by atoms with E-state index in [-0.39, 0.29) is 42.3 Å². The van der Waals surface area contributed by atoms with Crippen molar-refractivity contribution in [2.24, 2.45) is 47.2 Å². The highest BCUT2D eigenvalue weighted by Crippen LogP contribution is 2.53. The van der Waals surface area contributed by atoms with Crippen molar-refractivity contribution in [1.29, 1.82) is 0 Å². The van der Waals surface area contributed by atoms with Gasteiger partial charge in [-0.1, -0.05) is 33.8 Å². The van der Waals surface area contributed by atoms with Crippen molar-refractivity contribution in [3.63, 3.8) is 0 Å². The summed E-state index contributed by atoms with van der Waals surface area (Å²) in [5, 5.41) is 25.1. The number of ketones is 4. The van der Waals surface area contributed by atoms with Crippen molar-refractivity contribution in [2.45, 2.75) is 52.6 Å². The van der Waals surface area contributed by atoms with Gasteiger partial charge < -0.3 is 21.3 Å². The molecule has 0 spiro atoms. The number of aromatic hydroxyl groups is 1. The predicted octanol–water partition coefficient (Wildman–Crippen LogP) is 1.19. The van der Waals surface area contributed by atoms with Crippen LogP contribution in [0.5, 0.6) is 5.75 Å². The van der Waals surface area contributed by atoms with Crippen LogP contribution in [0.2, 0.25) is 0 Å². The molecule has 198 valence electrons. The molecule has 2 unspecified atom stereocenters. The highest BCUT2D eigenvalue weighted by atomic mass is 16.3. The SMILES string of the molecule is CC(C)CC(=O)Nc1ccc2c(c1O)C(=O)C1C(=O)[C@]3(O)C(=O)C(C(N)=O)C(=O)[C@@H](C(C)C)[C@@H]3C[C@@H]1C2. The highest BCUT2D eigenvalue weighted by Gasteiger charge is 2.69. The molecule has 0 saturated heterocycles. The molecule has 2 amide bonds. The van der Waals surface area contributed by atoms with Crippen LogP contribution in [-0.4, -0.2) is 50.8 Å². The molecule has 3 aliphatic carbocycles. The molecule has 4 rings (SSSR count). The standard InChI is InChI=1S/C27H32N2O8/c1-10(2)7-16(30)29-15-6-5-12-8-13-9-14-17(11(3)4)22(32)20(26(28)36)25(35)27(14,37)24(34)19(13)23(33)18(12)21(15)31/h5-6,10-11,13-14,17,19-20,31,37H,7-9H2,1-4H3,(H2,28,36)(H,29,30)/t13-,14-,17-,19?,20?,27-/m0/s1. The summed E-state index contributed by atoms with van der Waals surface area (Å²) in [6.07, 6.45) is 0.406. The minimum absolute atomic E-state index is 0.0176. The number of hydrogen-bond acceptors (Lipinski definition) is 8. The summed E-state index contributed by atoms with van der Waals surface area (Å²) in [4.78, 5) is 78.1. The minimum Gasteiger partial charge on any atom is -0.505 e. The maximum atomic E-state index is 13.8. The lowest BCUT2D eigenvalue weighted by Gasteiger charge is -2.52. The number of nitrogens with two attached hydrogens (primary N) is 1. The Hall–Kier alpha value is -3.40.